The van der Waals surface area contributed by atoms with E-state index in [-0.39, 0.29) is 11.4 Å². The van der Waals surface area contributed by atoms with Crippen LogP contribution in [0.5, 0.6) is 0 Å². The fourth-order valence-corrected chi connectivity index (χ4v) is 1.80. The van der Waals surface area contributed by atoms with Crippen LogP contribution < -0.4 is 5.14 Å². The Morgan fingerprint density at radius 3 is 2.58 bits per heavy atom. The topological polar surface area (TPSA) is 80.6 Å². The number of pyridine rings is 1. The molecule has 0 aliphatic heterocycles. The van der Waals surface area contributed by atoms with Crippen molar-refractivity contribution in [3.05, 3.63) is 36.3 Å². The molecule has 106 valence electrons. The molecular formula is C13H21N3O2S. The van der Waals surface area contributed by atoms with Gasteiger partial charge in [-0.25, -0.2) is 9.19 Å². The Balaban J connectivity index is 0.000000399. The van der Waals surface area contributed by atoms with Crippen LogP contribution in [0.3, 0.4) is 0 Å². The first-order chi connectivity index (χ1) is 8.90. The van der Waals surface area contributed by atoms with Gasteiger partial charge in [-0.2, -0.15) is 0 Å². The maximum atomic E-state index is 11.0. The number of hydrogen-bond acceptors (Lipinski definition) is 3. The zero-order chi connectivity index (χ0) is 14.4. The lowest BCUT2D eigenvalue weighted by Crippen LogP contribution is -2.20. The maximum Gasteiger partial charge on any atom is 0.136 e. The number of aliphatic hydroxyl groups excluding tert-OH is 1. The summed E-state index contributed by atoms with van der Waals surface area (Å²) in [6.45, 7) is 5.31. The number of aliphatic hydroxyl groups is 1. The molecule has 0 radical (unpaired) electrons. The lowest BCUT2D eigenvalue weighted by atomic mass is 10.3. The second-order valence-electron chi connectivity index (χ2n) is 4.64. The minimum Gasteiger partial charge on any atom is -0.394 e. The molecule has 2 aromatic heterocycles. The number of nitrogens with zero attached hydrogens (tertiary/aromatic N) is 2. The molecule has 0 fully saturated rings. The average Bonchev–Trinajstić information content (AvgIpc) is 2.69. The molecule has 0 spiro atoms. The standard InChI is InChI=1S/C10H13N3OS.C3H8O/c1-8(15(11)14)6-9-7-13-5-3-2-4-10(13)12-9;1-3(2)4/h2-5,7-8H,6,11H2,1H3;3-4H,1-2H3. The molecule has 0 aliphatic rings. The van der Waals surface area contributed by atoms with Gasteiger partial charge in [0, 0.05) is 24.9 Å². The minimum atomic E-state index is -1.28. The van der Waals surface area contributed by atoms with E-state index in [1.807, 2.05) is 41.9 Å². The lowest BCUT2D eigenvalue weighted by Gasteiger charge is -2.03. The largest absolute Gasteiger partial charge is 0.394 e. The van der Waals surface area contributed by atoms with E-state index in [9.17, 15) is 4.21 Å². The number of aromatic nitrogens is 2. The van der Waals surface area contributed by atoms with Crippen molar-refractivity contribution in [3.63, 3.8) is 0 Å². The Morgan fingerprint density at radius 1 is 1.42 bits per heavy atom. The predicted molar refractivity (Wildman–Crippen MR) is 78.0 cm³/mol. The van der Waals surface area contributed by atoms with E-state index < -0.39 is 11.0 Å². The summed E-state index contributed by atoms with van der Waals surface area (Å²) in [6, 6.07) is 5.83. The highest BCUT2D eigenvalue weighted by atomic mass is 32.2. The van der Waals surface area contributed by atoms with E-state index in [0.717, 1.165) is 11.3 Å². The first-order valence-corrected chi connectivity index (χ1v) is 7.43. The van der Waals surface area contributed by atoms with Crippen molar-refractivity contribution in [2.24, 2.45) is 5.14 Å². The Labute approximate surface area is 116 Å². The molecular weight excluding hydrogens is 262 g/mol. The molecule has 0 saturated heterocycles. The zero-order valence-corrected chi connectivity index (χ0v) is 12.3. The SMILES string of the molecule is CC(C)O.CC(Cc1cn2ccccc2n1)S(N)=O. The first kappa shape index (κ1) is 15.8. The van der Waals surface area contributed by atoms with Crippen molar-refractivity contribution in [3.8, 4) is 0 Å². The molecule has 6 heteroatoms. The van der Waals surface area contributed by atoms with Gasteiger partial charge >= 0.3 is 0 Å². The second kappa shape index (κ2) is 7.37. The van der Waals surface area contributed by atoms with Crippen molar-refractivity contribution >= 4 is 16.6 Å². The molecule has 19 heavy (non-hydrogen) atoms. The molecule has 0 aromatic carbocycles. The predicted octanol–water partition coefficient (Wildman–Crippen LogP) is 1.27. The van der Waals surface area contributed by atoms with Gasteiger partial charge < -0.3 is 9.51 Å². The third kappa shape index (κ3) is 5.50. The minimum absolute atomic E-state index is 0.0603. The van der Waals surface area contributed by atoms with Gasteiger partial charge in [-0.05, 0) is 32.9 Å². The van der Waals surface area contributed by atoms with Gasteiger partial charge in [0.25, 0.3) is 0 Å². The smallest absolute Gasteiger partial charge is 0.136 e. The van der Waals surface area contributed by atoms with Crippen LogP contribution in [0.1, 0.15) is 26.5 Å². The fraction of sp³-hybridized carbons (Fsp3) is 0.462. The number of hydrogen-bond donors (Lipinski definition) is 2. The van der Waals surface area contributed by atoms with Crippen molar-refractivity contribution in [1.29, 1.82) is 0 Å². The Hall–Kier alpha value is -1.24. The Morgan fingerprint density at radius 2 is 2.05 bits per heavy atom. The molecule has 2 aromatic rings. The number of fused-ring (bicyclic) bond motifs is 1. The van der Waals surface area contributed by atoms with Crippen LogP contribution in [0.15, 0.2) is 30.6 Å². The monoisotopic (exact) mass is 283 g/mol. The second-order valence-corrected chi connectivity index (χ2v) is 6.10. The van der Waals surface area contributed by atoms with E-state index in [1.54, 1.807) is 13.8 Å². The summed E-state index contributed by atoms with van der Waals surface area (Å²) >= 11 is 0. The van der Waals surface area contributed by atoms with Crippen LogP contribution in [0.4, 0.5) is 0 Å². The van der Waals surface area contributed by atoms with Crippen molar-refractivity contribution < 1.29 is 9.32 Å². The van der Waals surface area contributed by atoms with Gasteiger partial charge in [0.2, 0.25) is 0 Å². The van der Waals surface area contributed by atoms with E-state index in [2.05, 4.69) is 4.98 Å². The highest BCUT2D eigenvalue weighted by Crippen LogP contribution is 2.08. The van der Waals surface area contributed by atoms with Gasteiger partial charge in [0.05, 0.1) is 21.9 Å². The molecule has 3 N–H and O–H groups in total. The summed E-state index contributed by atoms with van der Waals surface area (Å²) < 4.78 is 13.0. The Kier molecular flexibility index (Phi) is 6.14. The lowest BCUT2D eigenvalue weighted by molar-refractivity contribution is 0.216. The van der Waals surface area contributed by atoms with Gasteiger partial charge in [0.1, 0.15) is 5.65 Å². The van der Waals surface area contributed by atoms with Gasteiger partial charge in [-0.3, -0.25) is 5.14 Å². The van der Waals surface area contributed by atoms with Crippen LogP contribution in [0.2, 0.25) is 0 Å². The third-order valence-corrected chi connectivity index (χ3v) is 3.27. The summed E-state index contributed by atoms with van der Waals surface area (Å²) in [4.78, 5) is 4.41. The maximum absolute atomic E-state index is 11.0. The third-order valence-electron chi connectivity index (χ3n) is 2.31. The first-order valence-electron chi connectivity index (χ1n) is 6.15. The molecule has 2 atom stereocenters. The van der Waals surface area contributed by atoms with Crippen LogP contribution in [-0.4, -0.2) is 30.1 Å². The summed E-state index contributed by atoms with van der Waals surface area (Å²) in [5.74, 6) is 0. The molecule has 0 bridgehead atoms. The number of rotatable bonds is 3. The molecule has 2 rings (SSSR count). The summed E-state index contributed by atoms with van der Waals surface area (Å²) in [7, 11) is -1.28. The highest BCUT2D eigenvalue weighted by Gasteiger charge is 2.10. The van der Waals surface area contributed by atoms with E-state index in [0.29, 0.717) is 6.42 Å². The molecule has 2 heterocycles. The zero-order valence-electron chi connectivity index (χ0n) is 11.5. The van der Waals surface area contributed by atoms with Gasteiger partial charge in [-0.1, -0.05) is 6.07 Å². The van der Waals surface area contributed by atoms with Gasteiger partial charge in [0.15, 0.2) is 0 Å². The van der Waals surface area contributed by atoms with Crippen LogP contribution >= 0.6 is 0 Å². The molecule has 0 aliphatic carbocycles. The van der Waals surface area contributed by atoms with Crippen LogP contribution in [0.25, 0.3) is 5.65 Å². The summed E-state index contributed by atoms with van der Waals surface area (Å²) in [5, 5.41) is 13.3. The van der Waals surface area contributed by atoms with Crippen molar-refractivity contribution in [2.45, 2.75) is 38.5 Å². The van der Waals surface area contributed by atoms with E-state index in [1.165, 1.54) is 0 Å². The molecule has 0 saturated carbocycles. The van der Waals surface area contributed by atoms with E-state index >= 15 is 0 Å². The number of imidazole rings is 1. The highest BCUT2D eigenvalue weighted by molar-refractivity contribution is 7.83. The quantitative estimate of drug-likeness (QED) is 0.890. The molecule has 0 amide bonds. The average molecular weight is 283 g/mol. The van der Waals surface area contributed by atoms with Crippen LogP contribution in [-0.2, 0) is 17.4 Å². The number of nitrogens with two attached hydrogens (primary N) is 1. The molecule has 5 nitrogen and oxygen atoms in total. The molecule has 2 unspecified atom stereocenters. The van der Waals surface area contributed by atoms with Crippen molar-refractivity contribution in [2.75, 3.05) is 0 Å². The summed E-state index contributed by atoms with van der Waals surface area (Å²) in [6.07, 6.45) is 4.36. The summed E-state index contributed by atoms with van der Waals surface area (Å²) in [5.41, 5.74) is 1.83. The normalized spacial score (nSPS) is 14.0. The fourth-order valence-electron chi connectivity index (χ4n) is 1.46. The van der Waals surface area contributed by atoms with Crippen LogP contribution in [0, 0.1) is 0 Å². The Bertz CT molecular complexity index is 504. The van der Waals surface area contributed by atoms with E-state index in [4.69, 9.17) is 10.2 Å². The van der Waals surface area contributed by atoms with Crippen molar-refractivity contribution in [1.82, 2.24) is 9.38 Å². The van der Waals surface area contributed by atoms with Gasteiger partial charge in [-0.15, -0.1) is 0 Å².